The van der Waals surface area contributed by atoms with Crippen LogP contribution in [0.5, 0.6) is 0 Å². The van der Waals surface area contributed by atoms with Crippen LogP contribution in [0.2, 0.25) is 0 Å². The Kier molecular flexibility index (Phi) is 10.1. The molecule has 0 aliphatic rings. The van der Waals surface area contributed by atoms with Crippen LogP contribution in [0.4, 0.5) is 5.69 Å². The van der Waals surface area contributed by atoms with Gasteiger partial charge in [-0.15, -0.1) is 0 Å². The van der Waals surface area contributed by atoms with E-state index < -0.39 is 16.1 Å². The van der Waals surface area contributed by atoms with Crippen LogP contribution in [0.15, 0.2) is 54.6 Å². The summed E-state index contributed by atoms with van der Waals surface area (Å²) in [5, 5.41) is 2.91. The average Bonchev–Trinajstić information content (AvgIpc) is 2.76. The van der Waals surface area contributed by atoms with E-state index in [0.29, 0.717) is 25.1 Å². The molecule has 2 aromatic rings. The maximum atomic E-state index is 13.3. The minimum Gasteiger partial charge on any atom is -0.352 e. The molecule has 186 valence electrons. The number of benzene rings is 2. The van der Waals surface area contributed by atoms with Gasteiger partial charge in [-0.05, 0) is 51.3 Å². The molecule has 0 radical (unpaired) electrons. The van der Waals surface area contributed by atoms with Crippen molar-refractivity contribution in [3.8, 4) is 0 Å². The van der Waals surface area contributed by atoms with E-state index >= 15 is 0 Å². The Balaban J connectivity index is 2.18. The van der Waals surface area contributed by atoms with Crippen LogP contribution in [0, 0.1) is 6.92 Å². The predicted octanol–water partition coefficient (Wildman–Crippen LogP) is 3.87. The molecule has 2 aromatic carbocycles. The van der Waals surface area contributed by atoms with Crippen molar-refractivity contribution in [2.75, 3.05) is 17.1 Å². The SMILES string of the molecule is CC[C@@H](C(=O)NC(C)C)N(Cc1ccccc1)C(=O)CCCN(c1ccc(C)cc1)S(C)(=O)=O. The van der Waals surface area contributed by atoms with Gasteiger partial charge in [-0.3, -0.25) is 13.9 Å². The van der Waals surface area contributed by atoms with E-state index in [1.54, 1.807) is 17.0 Å². The molecule has 0 aliphatic carbocycles. The third-order valence-corrected chi connectivity index (χ3v) is 6.68. The summed E-state index contributed by atoms with van der Waals surface area (Å²) in [7, 11) is -3.50. The van der Waals surface area contributed by atoms with E-state index in [1.165, 1.54) is 10.6 Å². The van der Waals surface area contributed by atoms with Crippen LogP contribution in [-0.4, -0.2) is 50.0 Å². The van der Waals surface area contributed by atoms with Gasteiger partial charge in [0.25, 0.3) is 0 Å². The second-order valence-electron chi connectivity index (χ2n) is 8.87. The molecule has 0 aromatic heterocycles. The molecule has 0 saturated carbocycles. The fraction of sp³-hybridized carbons (Fsp3) is 0.462. The van der Waals surface area contributed by atoms with Gasteiger partial charge in [-0.2, -0.15) is 0 Å². The highest BCUT2D eigenvalue weighted by Crippen LogP contribution is 2.20. The van der Waals surface area contributed by atoms with Crippen molar-refractivity contribution >= 4 is 27.5 Å². The van der Waals surface area contributed by atoms with Crippen LogP contribution in [0.25, 0.3) is 0 Å². The molecule has 1 atom stereocenters. The summed E-state index contributed by atoms with van der Waals surface area (Å²) in [5.74, 6) is -0.355. The van der Waals surface area contributed by atoms with Crippen molar-refractivity contribution in [2.24, 2.45) is 0 Å². The number of sulfonamides is 1. The number of anilines is 1. The lowest BCUT2D eigenvalue weighted by Gasteiger charge is -2.31. The minimum absolute atomic E-state index is 0.0342. The Morgan fingerprint density at radius 3 is 2.15 bits per heavy atom. The van der Waals surface area contributed by atoms with Gasteiger partial charge in [0, 0.05) is 25.6 Å². The van der Waals surface area contributed by atoms with E-state index in [4.69, 9.17) is 0 Å². The zero-order valence-electron chi connectivity index (χ0n) is 20.8. The van der Waals surface area contributed by atoms with E-state index in [1.807, 2.05) is 70.2 Å². The van der Waals surface area contributed by atoms with Gasteiger partial charge >= 0.3 is 0 Å². The molecule has 0 heterocycles. The highest BCUT2D eigenvalue weighted by Gasteiger charge is 2.29. The number of carbonyl (C=O) groups excluding carboxylic acids is 2. The second kappa shape index (κ2) is 12.6. The summed E-state index contributed by atoms with van der Waals surface area (Å²) in [6.07, 6.45) is 2.12. The Labute approximate surface area is 204 Å². The maximum Gasteiger partial charge on any atom is 0.243 e. The number of aryl methyl sites for hydroxylation is 1. The van der Waals surface area contributed by atoms with Crippen LogP contribution in [0.1, 0.15) is 51.2 Å². The van der Waals surface area contributed by atoms with Crippen LogP contribution in [-0.2, 0) is 26.2 Å². The molecule has 0 unspecified atom stereocenters. The van der Waals surface area contributed by atoms with Gasteiger partial charge in [-0.1, -0.05) is 55.0 Å². The van der Waals surface area contributed by atoms with Gasteiger partial charge in [0.2, 0.25) is 21.8 Å². The molecule has 2 amide bonds. The Morgan fingerprint density at radius 2 is 1.62 bits per heavy atom. The summed E-state index contributed by atoms with van der Waals surface area (Å²) in [6, 6.07) is 16.2. The van der Waals surface area contributed by atoms with Gasteiger partial charge in [0.1, 0.15) is 6.04 Å². The Hall–Kier alpha value is -2.87. The van der Waals surface area contributed by atoms with Crippen molar-refractivity contribution < 1.29 is 18.0 Å². The normalized spacial score (nSPS) is 12.3. The van der Waals surface area contributed by atoms with Crippen molar-refractivity contribution in [1.29, 1.82) is 0 Å². The number of nitrogens with one attached hydrogen (secondary N) is 1. The fourth-order valence-electron chi connectivity index (χ4n) is 3.80. The van der Waals surface area contributed by atoms with Crippen LogP contribution in [0.3, 0.4) is 0 Å². The summed E-state index contributed by atoms with van der Waals surface area (Å²) >= 11 is 0. The standard InChI is InChI=1S/C26H37N3O4S/c1-6-24(26(31)27-20(2)3)28(19-22-11-8-7-9-12-22)25(30)13-10-18-29(34(5,32)33)23-16-14-21(4)15-17-23/h7-9,11-12,14-17,20,24H,6,10,13,18-19H2,1-5H3,(H,27,31)/t24-/m0/s1. The highest BCUT2D eigenvalue weighted by molar-refractivity contribution is 7.92. The molecule has 1 N–H and O–H groups in total. The molecular weight excluding hydrogens is 450 g/mol. The molecule has 0 spiro atoms. The molecule has 0 bridgehead atoms. The van der Waals surface area contributed by atoms with Gasteiger partial charge in [0.15, 0.2) is 0 Å². The fourth-order valence-corrected chi connectivity index (χ4v) is 4.76. The van der Waals surface area contributed by atoms with Gasteiger partial charge in [-0.25, -0.2) is 8.42 Å². The highest BCUT2D eigenvalue weighted by atomic mass is 32.2. The second-order valence-corrected chi connectivity index (χ2v) is 10.8. The monoisotopic (exact) mass is 487 g/mol. The Bertz CT molecular complexity index is 1040. The van der Waals surface area contributed by atoms with Crippen LogP contribution >= 0.6 is 0 Å². The lowest BCUT2D eigenvalue weighted by molar-refractivity contribution is -0.141. The lowest BCUT2D eigenvalue weighted by Crippen LogP contribution is -2.50. The number of hydrogen-bond donors (Lipinski definition) is 1. The van der Waals surface area contributed by atoms with E-state index in [0.717, 1.165) is 11.1 Å². The third kappa shape index (κ3) is 8.17. The molecule has 34 heavy (non-hydrogen) atoms. The molecule has 8 heteroatoms. The van der Waals surface area contributed by atoms with Gasteiger partial charge < -0.3 is 10.2 Å². The molecular formula is C26H37N3O4S. The first-order valence-electron chi connectivity index (χ1n) is 11.7. The van der Waals surface area contributed by atoms with Crippen molar-refractivity contribution in [2.45, 2.75) is 65.6 Å². The quantitative estimate of drug-likeness (QED) is 0.492. The average molecular weight is 488 g/mol. The number of nitrogens with zero attached hydrogens (tertiary/aromatic N) is 2. The van der Waals surface area contributed by atoms with Crippen LogP contribution < -0.4 is 9.62 Å². The Morgan fingerprint density at radius 1 is 1.00 bits per heavy atom. The molecule has 7 nitrogen and oxygen atoms in total. The lowest BCUT2D eigenvalue weighted by atomic mass is 10.1. The van der Waals surface area contributed by atoms with E-state index in [-0.39, 0.29) is 30.8 Å². The van der Waals surface area contributed by atoms with E-state index in [9.17, 15) is 18.0 Å². The summed E-state index contributed by atoms with van der Waals surface area (Å²) in [4.78, 5) is 27.8. The smallest absolute Gasteiger partial charge is 0.243 e. The number of amides is 2. The number of rotatable bonds is 12. The van der Waals surface area contributed by atoms with Gasteiger partial charge in [0.05, 0.1) is 11.9 Å². The molecule has 2 rings (SSSR count). The summed E-state index contributed by atoms with van der Waals surface area (Å²) in [6.45, 7) is 8.10. The van der Waals surface area contributed by atoms with Crippen molar-refractivity contribution in [3.63, 3.8) is 0 Å². The van der Waals surface area contributed by atoms with Crippen molar-refractivity contribution in [1.82, 2.24) is 10.2 Å². The first-order chi connectivity index (χ1) is 16.0. The predicted molar refractivity (Wildman–Crippen MR) is 137 cm³/mol. The third-order valence-electron chi connectivity index (χ3n) is 5.49. The first kappa shape index (κ1) is 27.4. The molecule has 0 fully saturated rings. The summed E-state index contributed by atoms with van der Waals surface area (Å²) < 4.78 is 26.1. The summed E-state index contributed by atoms with van der Waals surface area (Å²) in [5.41, 5.74) is 2.54. The largest absolute Gasteiger partial charge is 0.352 e. The maximum absolute atomic E-state index is 13.3. The van der Waals surface area contributed by atoms with E-state index in [2.05, 4.69) is 5.32 Å². The zero-order chi connectivity index (χ0) is 25.3. The first-order valence-corrected chi connectivity index (χ1v) is 13.6. The topological polar surface area (TPSA) is 86.8 Å². The number of hydrogen-bond acceptors (Lipinski definition) is 4. The number of carbonyl (C=O) groups is 2. The minimum atomic E-state index is -3.50. The zero-order valence-corrected chi connectivity index (χ0v) is 21.6. The molecule has 0 aliphatic heterocycles. The molecule has 0 saturated heterocycles. The van der Waals surface area contributed by atoms with Crippen molar-refractivity contribution in [3.05, 3.63) is 65.7 Å².